The summed E-state index contributed by atoms with van der Waals surface area (Å²) in [5, 5.41) is 3.06. The molecule has 0 aromatic rings. The molecule has 1 aliphatic carbocycles. The predicted octanol–water partition coefficient (Wildman–Crippen LogP) is 1.88. The largest absolute Gasteiger partial charge is 0.345 e. The Hall–Kier alpha value is -0.570. The summed E-state index contributed by atoms with van der Waals surface area (Å²) in [5.74, 6) is 1.11. The molecule has 1 fully saturated rings. The van der Waals surface area contributed by atoms with Gasteiger partial charge in [-0.25, -0.2) is 0 Å². The molecule has 1 rings (SSSR count). The molecule has 94 valence electrons. The predicted molar refractivity (Wildman–Crippen MR) is 67.3 cm³/mol. The van der Waals surface area contributed by atoms with Crippen LogP contribution in [-0.4, -0.2) is 38.0 Å². The van der Waals surface area contributed by atoms with Gasteiger partial charge in [-0.15, -0.1) is 0 Å². The van der Waals surface area contributed by atoms with Gasteiger partial charge in [-0.2, -0.15) is 0 Å². The Morgan fingerprint density at radius 1 is 1.38 bits per heavy atom. The average Bonchev–Trinajstić information content (AvgIpc) is 2.29. The number of nitrogens with zero attached hydrogens (tertiary/aromatic N) is 1. The van der Waals surface area contributed by atoms with Gasteiger partial charge < -0.3 is 10.2 Å². The SMILES string of the molecule is CNCC(C)C(=O)N(C)CC1CCCCC1. The minimum absolute atomic E-state index is 0.0959. The summed E-state index contributed by atoms with van der Waals surface area (Å²) in [4.78, 5) is 13.9. The van der Waals surface area contributed by atoms with E-state index in [4.69, 9.17) is 0 Å². The summed E-state index contributed by atoms with van der Waals surface area (Å²) < 4.78 is 0. The molecule has 1 saturated carbocycles. The van der Waals surface area contributed by atoms with Crippen molar-refractivity contribution in [2.45, 2.75) is 39.0 Å². The van der Waals surface area contributed by atoms with Crippen LogP contribution in [0.1, 0.15) is 39.0 Å². The molecule has 0 heterocycles. The fourth-order valence-corrected chi connectivity index (χ4v) is 2.62. The van der Waals surface area contributed by atoms with Crippen molar-refractivity contribution in [1.82, 2.24) is 10.2 Å². The number of hydrogen-bond donors (Lipinski definition) is 1. The van der Waals surface area contributed by atoms with Crippen LogP contribution in [0.15, 0.2) is 0 Å². The van der Waals surface area contributed by atoms with Gasteiger partial charge in [0.2, 0.25) is 5.91 Å². The van der Waals surface area contributed by atoms with Gasteiger partial charge in [0.25, 0.3) is 0 Å². The van der Waals surface area contributed by atoms with Crippen molar-refractivity contribution in [3.63, 3.8) is 0 Å². The summed E-state index contributed by atoms with van der Waals surface area (Å²) in [6.45, 7) is 3.72. The molecule has 0 aromatic heterocycles. The van der Waals surface area contributed by atoms with Gasteiger partial charge in [0.05, 0.1) is 0 Å². The topological polar surface area (TPSA) is 32.3 Å². The van der Waals surface area contributed by atoms with Gasteiger partial charge in [0.15, 0.2) is 0 Å². The first-order valence-electron chi connectivity index (χ1n) is 6.54. The van der Waals surface area contributed by atoms with Gasteiger partial charge in [0.1, 0.15) is 0 Å². The highest BCUT2D eigenvalue weighted by Gasteiger charge is 2.21. The van der Waals surface area contributed by atoms with E-state index in [9.17, 15) is 4.79 Å². The molecular formula is C13H26N2O. The van der Waals surface area contributed by atoms with E-state index in [0.717, 1.165) is 19.0 Å². The van der Waals surface area contributed by atoms with E-state index in [1.54, 1.807) is 0 Å². The lowest BCUT2D eigenvalue weighted by atomic mass is 9.89. The van der Waals surface area contributed by atoms with Crippen LogP contribution < -0.4 is 5.32 Å². The maximum Gasteiger partial charge on any atom is 0.226 e. The second kappa shape index (κ2) is 6.89. The van der Waals surface area contributed by atoms with E-state index >= 15 is 0 Å². The Kier molecular flexibility index (Phi) is 5.81. The highest BCUT2D eigenvalue weighted by Crippen LogP contribution is 2.24. The number of rotatable bonds is 5. The van der Waals surface area contributed by atoms with Crippen LogP contribution in [0.5, 0.6) is 0 Å². The fourth-order valence-electron chi connectivity index (χ4n) is 2.62. The van der Waals surface area contributed by atoms with E-state index in [1.807, 2.05) is 25.9 Å². The highest BCUT2D eigenvalue weighted by molar-refractivity contribution is 5.78. The minimum atomic E-state index is 0.0959. The Labute approximate surface area is 99.6 Å². The lowest BCUT2D eigenvalue weighted by Crippen LogP contribution is -2.38. The Balaban J connectivity index is 2.32. The van der Waals surface area contributed by atoms with Gasteiger partial charge in [-0.3, -0.25) is 4.79 Å². The Bertz CT molecular complexity index is 212. The second-order valence-corrected chi connectivity index (χ2v) is 5.18. The summed E-state index contributed by atoms with van der Waals surface area (Å²) in [6.07, 6.45) is 6.68. The molecule has 0 aliphatic heterocycles. The second-order valence-electron chi connectivity index (χ2n) is 5.18. The van der Waals surface area contributed by atoms with Gasteiger partial charge in [-0.1, -0.05) is 26.2 Å². The molecule has 0 saturated heterocycles. The summed E-state index contributed by atoms with van der Waals surface area (Å²) >= 11 is 0. The van der Waals surface area contributed by atoms with Gasteiger partial charge >= 0.3 is 0 Å². The van der Waals surface area contributed by atoms with E-state index < -0.39 is 0 Å². The van der Waals surface area contributed by atoms with Crippen molar-refractivity contribution in [2.24, 2.45) is 11.8 Å². The van der Waals surface area contributed by atoms with Crippen LogP contribution in [0.4, 0.5) is 0 Å². The number of carbonyl (C=O) groups excluding carboxylic acids is 1. The molecule has 1 unspecified atom stereocenters. The molecule has 1 N–H and O–H groups in total. The smallest absolute Gasteiger partial charge is 0.226 e. The van der Waals surface area contributed by atoms with Crippen molar-refractivity contribution in [3.8, 4) is 0 Å². The first-order valence-corrected chi connectivity index (χ1v) is 6.54. The van der Waals surface area contributed by atoms with E-state index in [2.05, 4.69) is 5.32 Å². The molecule has 16 heavy (non-hydrogen) atoms. The Morgan fingerprint density at radius 3 is 2.56 bits per heavy atom. The molecule has 0 radical (unpaired) electrons. The molecule has 3 nitrogen and oxygen atoms in total. The number of amides is 1. The van der Waals surface area contributed by atoms with Crippen LogP contribution >= 0.6 is 0 Å². The van der Waals surface area contributed by atoms with Crippen molar-refractivity contribution in [3.05, 3.63) is 0 Å². The molecule has 1 amide bonds. The standard InChI is InChI=1S/C13H26N2O/c1-11(9-14-2)13(16)15(3)10-12-7-5-4-6-8-12/h11-12,14H,4-10H2,1-3H3. The van der Waals surface area contributed by atoms with Crippen molar-refractivity contribution < 1.29 is 4.79 Å². The van der Waals surface area contributed by atoms with Crippen LogP contribution in [0.3, 0.4) is 0 Å². The highest BCUT2D eigenvalue weighted by atomic mass is 16.2. The number of hydrogen-bond acceptors (Lipinski definition) is 2. The zero-order chi connectivity index (χ0) is 12.0. The van der Waals surface area contributed by atoms with Gasteiger partial charge in [-0.05, 0) is 25.8 Å². The zero-order valence-electron chi connectivity index (χ0n) is 11.0. The number of nitrogens with one attached hydrogen (secondary N) is 1. The monoisotopic (exact) mass is 226 g/mol. The molecule has 0 bridgehead atoms. The Morgan fingerprint density at radius 2 is 2.00 bits per heavy atom. The first-order chi connectivity index (χ1) is 7.65. The van der Waals surface area contributed by atoms with Gasteiger partial charge in [0, 0.05) is 26.1 Å². The quantitative estimate of drug-likeness (QED) is 0.776. The van der Waals surface area contributed by atoms with E-state index in [1.165, 1.54) is 32.1 Å². The molecule has 1 atom stereocenters. The van der Waals surface area contributed by atoms with E-state index in [0.29, 0.717) is 0 Å². The summed E-state index contributed by atoms with van der Waals surface area (Å²) in [6, 6.07) is 0. The van der Waals surface area contributed by atoms with Crippen LogP contribution in [-0.2, 0) is 4.79 Å². The average molecular weight is 226 g/mol. The molecule has 3 heteroatoms. The van der Waals surface area contributed by atoms with E-state index in [-0.39, 0.29) is 11.8 Å². The molecule has 1 aliphatic rings. The lowest BCUT2D eigenvalue weighted by Gasteiger charge is -2.28. The van der Waals surface area contributed by atoms with Crippen LogP contribution in [0.25, 0.3) is 0 Å². The lowest BCUT2D eigenvalue weighted by molar-refractivity contribution is -0.134. The van der Waals surface area contributed by atoms with Crippen molar-refractivity contribution >= 4 is 5.91 Å². The zero-order valence-corrected chi connectivity index (χ0v) is 11.0. The normalized spacial score (nSPS) is 19.4. The maximum absolute atomic E-state index is 12.0. The summed E-state index contributed by atoms with van der Waals surface area (Å²) in [5.41, 5.74) is 0. The molecule has 0 spiro atoms. The molecule has 0 aromatic carbocycles. The third kappa shape index (κ3) is 4.12. The third-order valence-corrected chi connectivity index (χ3v) is 3.56. The first kappa shape index (κ1) is 13.5. The third-order valence-electron chi connectivity index (χ3n) is 3.56. The fraction of sp³-hybridized carbons (Fsp3) is 0.923. The van der Waals surface area contributed by atoms with Crippen LogP contribution in [0, 0.1) is 11.8 Å². The number of carbonyl (C=O) groups is 1. The maximum atomic E-state index is 12.0. The summed E-state index contributed by atoms with van der Waals surface area (Å²) in [7, 11) is 3.84. The molecular weight excluding hydrogens is 200 g/mol. The van der Waals surface area contributed by atoms with Crippen molar-refractivity contribution in [2.75, 3.05) is 27.2 Å². The minimum Gasteiger partial charge on any atom is -0.345 e. The van der Waals surface area contributed by atoms with Crippen molar-refractivity contribution in [1.29, 1.82) is 0 Å². The van der Waals surface area contributed by atoms with Crippen LogP contribution in [0.2, 0.25) is 0 Å².